The van der Waals surface area contributed by atoms with Gasteiger partial charge in [0.05, 0.1) is 22.2 Å². The van der Waals surface area contributed by atoms with Gasteiger partial charge in [-0.3, -0.25) is 14.9 Å². The summed E-state index contributed by atoms with van der Waals surface area (Å²) in [5.74, 6) is 0.0195. The zero-order valence-corrected chi connectivity index (χ0v) is 23.0. The number of fused-ring (bicyclic) bond motifs is 1. The van der Waals surface area contributed by atoms with Gasteiger partial charge in [-0.15, -0.1) is 0 Å². The molecule has 0 aliphatic heterocycles. The summed E-state index contributed by atoms with van der Waals surface area (Å²) < 4.78 is 12.2. The van der Waals surface area contributed by atoms with Crippen LogP contribution in [0.4, 0.5) is 11.4 Å². The molecule has 0 spiro atoms. The van der Waals surface area contributed by atoms with Crippen molar-refractivity contribution in [3.8, 4) is 17.6 Å². The van der Waals surface area contributed by atoms with Gasteiger partial charge in [-0.25, -0.2) is 0 Å². The number of hydrogen-bond acceptors (Lipinski definition) is 6. The Morgan fingerprint density at radius 2 is 1.90 bits per heavy atom. The summed E-state index contributed by atoms with van der Waals surface area (Å²) >= 11 is 9.77. The molecule has 39 heavy (non-hydrogen) atoms. The van der Waals surface area contributed by atoms with E-state index in [1.54, 1.807) is 12.1 Å². The number of nitro benzene ring substituents is 1. The first-order valence-corrected chi connectivity index (χ1v) is 12.9. The van der Waals surface area contributed by atoms with Crippen LogP contribution in [-0.2, 0) is 11.4 Å². The van der Waals surface area contributed by atoms with E-state index in [4.69, 9.17) is 21.1 Å². The summed E-state index contributed by atoms with van der Waals surface area (Å²) in [7, 11) is 0. The van der Waals surface area contributed by atoms with Crippen LogP contribution in [0, 0.1) is 21.4 Å². The van der Waals surface area contributed by atoms with Gasteiger partial charge < -0.3 is 14.8 Å². The van der Waals surface area contributed by atoms with Crippen molar-refractivity contribution < 1.29 is 19.2 Å². The van der Waals surface area contributed by atoms with Gasteiger partial charge in [0.2, 0.25) is 0 Å². The topological polar surface area (TPSA) is 114 Å². The summed E-state index contributed by atoms with van der Waals surface area (Å²) in [6.45, 7) is 2.42. The van der Waals surface area contributed by atoms with E-state index in [0.717, 1.165) is 16.3 Å². The number of anilines is 1. The first-order valence-electron chi connectivity index (χ1n) is 11.7. The monoisotopic (exact) mass is 605 g/mol. The fourth-order valence-electron chi connectivity index (χ4n) is 3.87. The highest BCUT2D eigenvalue weighted by atomic mass is 79.9. The van der Waals surface area contributed by atoms with Crippen molar-refractivity contribution in [3.05, 3.63) is 109 Å². The Balaban J connectivity index is 1.58. The molecule has 0 heterocycles. The smallest absolute Gasteiger partial charge is 0.270 e. The van der Waals surface area contributed by atoms with Crippen molar-refractivity contribution in [2.45, 2.75) is 13.5 Å². The standard InChI is InChI=1S/C29H21BrClN3O5/c1-2-38-27-14-18(12-21(16-32)29(35)33-26-11-10-22(34(36)37)15-24(26)30)13-25(31)28(27)39-17-20-8-5-7-19-6-3-4-9-23(19)20/h3-15H,2,17H2,1H3,(H,33,35)/b21-12-. The summed E-state index contributed by atoms with van der Waals surface area (Å²) in [5.41, 5.74) is 1.36. The van der Waals surface area contributed by atoms with Crippen LogP contribution in [-0.4, -0.2) is 17.4 Å². The van der Waals surface area contributed by atoms with E-state index in [-0.39, 0.29) is 28.6 Å². The molecule has 8 nitrogen and oxygen atoms in total. The van der Waals surface area contributed by atoms with E-state index in [9.17, 15) is 20.2 Å². The van der Waals surface area contributed by atoms with E-state index in [1.165, 1.54) is 24.3 Å². The molecule has 0 aromatic heterocycles. The molecule has 10 heteroatoms. The summed E-state index contributed by atoms with van der Waals surface area (Å²) in [6.07, 6.45) is 1.37. The lowest BCUT2D eigenvalue weighted by molar-refractivity contribution is -0.384. The van der Waals surface area contributed by atoms with Crippen LogP contribution in [0.5, 0.6) is 11.5 Å². The van der Waals surface area contributed by atoms with E-state index in [0.29, 0.717) is 28.1 Å². The Bertz CT molecular complexity index is 1640. The van der Waals surface area contributed by atoms with Crippen molar-refractivity contribution >= 4 is 61.7 Å². The molecule has 0 atom stereocenters. The predicted molar refractivity (Wildman–Crippen MR) is 154 cm³/mol. The van der Waals surface area contributed by atoms with Gasteiger partial charge in [-0.2, -0.15) is 5.26 Å². The van der Waals surface area contributed by atoms with Gasteiger partial charge in [0, 0.05) is 16.6 Å². The first-order chi connectivity index (χ1) is 18.8. The van der Waals surface area contributed by atoms with Gasteiger partial charge >= 0.3 is 0 Å². The third-order valence-electron chi connectivity index (χ3n) is 5.67. The number of benzene rings is 4. The number of nitrogens with zero attached hydrogens (tertiary/aromatic N) is 2. The fourth-order valence-corrected chi connectivity index (χ4v) is 4.61. The molecule has 0 saturated heterocycles. The number of hydrogen-bond donors (Lipinski definition) is 1. The molecule has 1 N–H and O–H groups in total. The molecule has 0 aliphatic rings. The molecule has 0 radical (unpaired) electrons. The Kier molecular flexibility index (Phi) is 8.81. The third-order valence-corrected chi connectivity index (χ3v) is 6.61. The maximum atomic E-state index is 12.8. The Hall–Kier alpha value is -4.39. The van der Waals surface area contributed by atoms with Gasteiger partial charge in [0.15, 0.2) is 11.5 Å². The molecule has 4 aromatic carbocycles. The largest absolute Gasteiger partial charge is 0.490 e. The highest BCUT2D eigenvalue weighted by molar-refractivity contribution is 9.10. The molecule has 4 rings (SSSR count). The molecule has 196 valence electrons. The number of halogens is 2. The number of nitrogens with one attached hydrogen (secondary N) is 1. The zero-order valence-electron chi connectivity index (χ0n) is 20.6. The lowest BCUT2D eigenvalue weighted by Crippen LogP contribution is -2.14. The summed E-state index contributed by atoms with van der Waals surface area (Å²) in [6, 6.07) is 23.0. The normalized spacial score (nSPS) is 11.1. The molecular formula is C29H21BrClN3O5. The van der Waals surface area contributed by atoms with Crippen molar-refractivity contribution in [1.29, 1.82) is 5.26 Å². The Labute approximate surface area is 237 Å². The quantitative estimate of drug-likeness (QED) is 0.0904. The minimum Gasteiger partial charge on any atom is -0.490 e. The number of nitro groups is 1. The molecule has 1 amide bonds. The van der Waals surface area contributed by atoms with Crippen LogP contribution in [0.1, 0.15) is 18.1 Å². The second-order valence-electron chi connectivity index (χ2n) is 8.24. The van der Waals surface area contributed by atoms with Gasteiger partial charge in [-0.05, 0) is 69.0 Å². The van der Waals surface area contributed by atoms with Crippen molar-refractivity contribution in [2.75, 3.05) is 11.9 Å². The molecule has 0 saturated carbocycles. The van der Waals surface area contributed by atoms with Crippen molar-refractivity contribution in [1.82, 2.24) is 0 Å². The van der Waals surface area contributed by atoms with Crippen LogP contribution < -0.4 is 14.8 Å². The third kappa shape index (κ3) is 6.55. The van der Waals surface area contributed by atoms with Gasteiger partial charge in [-0.1, -0.05) is 54.1 Å². The average molecular weight is 607 g/mol. The Morgan fingerprint density at radius 3 is 2.62 bits per heavy atom. The van der Waals surface area contributed by atoms with Crippen LogP contribution >= 0.6 is 27.5 Å². The lowest BCUT2D eigenvalue weighted by Gasteiger charge is -2.15. The molecule has 0 unspecified atom stereocenters. The van der Waals surface area contributed by atoms with E-state index in [2.05, 4.69) is 21.2 Å². The molecule has 0 aliphatic carbocycles. The SMILES string of the molecule is CCOc1cc(/C=C(/C#N)C(=O)Nc2ccc([N+](=O)[O-])cc2Br)cc(Cl)c1OCc1cccc2ccccc12. The molecular weight excluding hydrogens is 586 g/mol. The van der Waals surface area contributed by atoms with E-state index in [1.807, 2.05) is 55.5 Å². The number of non-ortho nitro benzene ring substituents is 1. The van der Waals surface area contributed by atoms with E-state index >= 15 is 0 Å². The van der Waals surface area contributed by atoms with Crippen LogP contribution in [0.2, 0.25) is 5.02 Å². The maximum Gasteiger partial charge on any atom is 0.270 e. The van der Waals surface area contributed by atoms with Crippen LogP contribution in [0.15, 0.2) is 82.8 Å². The summed E-state index contributed by atoms with van der Waals surface area (Å²) in [5, 5.41) is 25.6. The highest BCUT2D eigenvalue weighted by Crippen LogP contribution is 2.38. The second kappa shape index (κ2) is 12.4. The number of carbonyl (C=O) groups excluding carboxylic acids is 1. The zero-order chi connectivity index (χ0) is 27.9. The molecule has 4 aromatic rings. The Morgan fingerprint density at radius 1 is 1.13 bits per heavy atom. The average Bonchev–Trinajstić information content (AvgIpc) is 2.92. The number of nitriles is 1. The van der Waals surface area contributed by atoms with Gasteiger partial charge in [0.1, 0.15) is 18.2 Å². The van der Waals surface area contributed by atoms with Gasteiger partial charge in [0.25, 0.3) is 11.6 Å². The number of rotatable bonds is 9. The molecule has 0 bridgehead atoms. The minimum atomic E-state index is -0.697. The number of ether oxygens (including phenoxy) is 2. The van der Waals surface area contributed by atoms with Crippen LogP contribution in [0.25, 0.3) is 16.8 Å². The lowest BCUT2D eigenvalue weighted by atomic mass is 10.1. The highest BCUT2D eigenvalue weighted by Gasteiger charge is 2.17. The number of carbonyl (C=O) groups is 1. The second-order valence-corrected chi connectivity index (χ2v) is 9.50. The minimum absolute atomic E-state index is 0.142. The summed E-state index contributed by atoms with van der Waals surface area (Å²) in [4.78, 5) is 23.2. The molecule has 0 fully saturated rings. The van der Waals surface area contributed by atoms with Crippen molar-refractivity contribution in [2.24, 2.45) is 0 Å². The van der Waals surface area contributed by atoms with Crippen LogP contribution in [0.3, 0.4) is 0 Å². The fraction of sp³-hybridized carbons (Fsp3) is 0.103. The first kappa shape index (κ1) is 27.6. The predicted octanol–water partition coefficient (Wildman–Crippen LogP) is 7.69. The number of amides is 1. The maximum absolute atomic E-state index is 12.8. The van der Waals surface area contributed by atoms with Crippen molar-refractivity contribution in [3.63, 3.8) is 0 Å². The van der Waals surface area contributed by atoms with E-state index < -0.39 is 10.8 Å².